The van der Waals surface area contributed by atoms with Gasteiger partial charge in [0, 0.05) is 10.6 Å². The number of carbonyl (C=O) groups excluding carboxylic acids is 1. The van der Waals surface area contributed by atoms with Crippen LogP contribution in [0.25, 0.3) is 0 Å². The second-order valence-corrected chi connectivity index (χ2v) is 7.58. The predicted molar refractivity (Wildman–Crippen MR) is 91.5 cm³/mol. The number of rotatable bonds is 3. The van der Waals surface area contributed by atoms with Crippen molar-refractivity contribution >= 4 is 22.9 Å². The van der Waals surface area contributed by atoms with Gasteiger partial charge in [-0.3, -0.25) is 4.79 Å². The van der Waals surface area contributed by atoms with E-state index >= 15 is 0 Å². The number of benzene rings is 1. The van der Waals surface area contributed by atoms with Crippen LogP contribution in [0.5, 0.6) is 0 Å². The van der Waals surface area contributed by atoms with Crippen LogP contribution in [0.3, 0.4) is 0 Å². The Morgan fingerprint density at radius 2 is 1.81 bits per heavy atom. The molecular weight excluding hydrogens is 278 g/mol. The molecule has 1 heterocycles. The van der Waals surface area contributed by atoms with E-state index in [-0.39, 0.29) is 11.3 Å². The van der Waals surface area contributed by atoms with Gasteiger partial charge in [0.05, 0.1) is 4.88 Å². The van der Waals surface area contributed by atoms with Gasteiger partial charge >= 0.3 is 0 Å². The van der Waals surface area contributed by atoms with Gasteiger partial charge in [0.1, 0.15) is 0 Å². The Hall–Kier alpha value is -1.61. The molecule has 0 saturated heterocycles. The zero-order chi connectivity index (χ0) is 15.6. The van der Waals surface area contributed by atoms with Crippen molar-refractivity contribution in [2.75, 3.05) is 5.32 Å². The maximum absolute atomic E-state index is 12.3. The van der Waals surface area contributed by atoms with E-state index in [1.165, 1.54) is 16.0 Å². The van der Waals surface area contributed by atoms with Crippen molar-refractivity contribution < 1.29 is 4.79 Å². The summed E-state index contributed by atoms with van der Waals surface area (Å²) in [7, 11) is 0. The molecule has 1 aromatic heterocycles. The number of hydrogen-bond donors (Lipinski definition) is 1. The summed E-state index contributed by atoms with van der Waals surface area (Å²) in [4.78, 5) is 14.3. The van der Waals surface area contributed by atoms with Crippen molar-refractivity contribution in [2.45, 2.75) is 46.5 Å². The summed E-state index contributed by atoms with van der Waals surface area (Å²) in [5.74, 6) is -0.0219. The van der Waals surface area contributed by atoms with Crippen LogP contribution in [-0.4, -0.2) is 5.91 Å². The van der Waals surface area contributed by atoms with Crippen molar-refractivity contribution in [1.29, 1.82) is 0 Å². The third kappa shape index (κ3) is 3.73. The lowest BCUT2D eigenvalue weighted by atomic mass is 9.87. The fourth-order valence-corrected chi connectivity index (χ4v) is 3.24. The van der Waals surface area contributed by atoms with Crippen LogP contribution in [0.15, 0.2) is 30.3 Å². The number of aryl methyl sites for hydroxylation is 2. The Kier molecular flexibility index (Phi) is 4.52. The number of amides is 1. The van der Waals surface area contributed by atoms with Crippen LogP contribution in [0.4, 0.5) is 5.69 Å². The maximum atomic E-state index is 12.3. The monoisotopic (exact) mass is 301 g/mol. The highest BCUT2D eigenvalue weighted by Crippen LogP contribution is 2.25. The van der Waals surface area contributed by atoms with E-state index in [0.717, 1.165) is 17.0 Å². The van der Waals surface area contributed by atoms with Crippen molar-refractivity contribution in [3.63, 3.8) is 0 Å². The summed E-state index contributed by atoms with van der Waals surface area (Å²) in [6.45, 7) is 10.7. The molecule has 1 aromatic carbocycles. The summed E-state index contributed by atoms with van der Waals surface area (Å²) >= 11 is 1.56. The van der Waals surface area contributed by atoms with E-state index in [4.69, 9.17) is 0 Å². The van der Waals surface area contributed by atoms with Gasteiger partial charge in [-0.2, -0.15) is 0 Å². The van der Waals surface area contributed by atoms with Crippen molar-refractivity contribution in [3.8, 4) is 0 Å². The number of hydrogen-bond acceptors (Lipinski definition) is 2. The predicted octanol–water partition coefficient (Wildman–Crippen LogP) is 5.17. The third-order valence-corrected chi connectivity index (χ3v) is 4.73. The van der Waals surface area contributed by atoms with Crippen molar-refractivity contribution in [1.82, 2.24) is 0 Å². The lowest BCUT2D eigenvalue weighted by Gasteiger charge is -2.19. The molecule has 2 rings (SSSR count). The summed E-state index contributed by atoms with van der Waals surface area (Å²) in [6.07, 6.45) is 0.968. The standard InChI is InChI=1S/C18H23NOS/c1-6-13-11-16(21-12(13)2)17(20)19-15-9-7-14(8-10-15)18(3,4)5/h7-11H,6H2,1-5H3,(H,19,20). The molecule has 0 unspecified atom stereocenters. The van der Waals surface area contributed by atoms with E-state index in [1.807, 2.05) is 18.2 Å². The van der Waals surface area contributed by atoms with Crippen LogP contribution in [-0.2, 0) is 11.8 Å². The quantitative estimate of drug-likeness (QED) is 0.832. The van der Waals surface area contributed by atoms with Gasteiger partial charge in [-0.05, 0) is 48.1 Å². The molecule has 0 aliphatic carbocycles. The van der Waals surface area contributed by atoms with Crippen LogP contribution >= 0.6 is 11.3 Å². The molecule has 21 heavy (non-hydrogen) atoms. The summed E-state index contributed by atoms with van der Waals surface area (Å²) in [6, 6.07) is 10.1. The minimum atomic E-state index is -0.0219. The largest absolute Gasteiger partial charge is 0.321 e. The molecule has 0 aliphatic heterocycles. The average Bonchev–Trinajstić information content (AvgIpc) is 2.79. The van der Waals surface area contributed by atoms with Crippen LogP contribution in [0.2, 0.25) is 0 Å². The molecule has 2 aromatic rings. The highest BCUT2D eigenvalue weighted by atomic mass is 32.1. The van der Waals surface area contributed by atoms with E-state index in [2.05, 4.69) is 52.1 Å². The number of anilines is 1. The maximum Gasteiger partial charge on any atom is 0.265 e. The lowest BCUT2D eigenvalue weighted by Crippen LogP contribution is -2.12. The normalized spacial score (nSPS) is 11.5. The molecule has 0 bridgehead atoms. The Labute approximate surface area is 131 Å². The second kappa shape index (κ2) is 6.02. The zero-order valence-electron chi connectivity index (χ0n) is 13.4. The van der Waals surface area contributed by atoms with Crippen molar-refractivity contribution in [2.24, 2.45) is 0 Å². The fourth-order valence-electron chi connectivity index (χ4n) is 2.23. The smallest absolute Gasteiger partial charge is 0.265 e. The number of carbonyl (C=O) groups is 1. The van der Waals surface area contributed by atoms with Crippen LogP contribution < -0.4 is 5.32 Å². The Morgan fingerprint density at radius 3 is 2.29 bits per heavy atom. The van der Waals surface area contributed by atoms with Gasteiger partial charge in [-0.15, -0.1) is 11.3 Å². The molecule has 0 spiro atoms. The molecule has 1 N–H and O–H groups in total. The third-order valence-electron chi connectivity index (χ3n) is 3.63. The molecule has 1 amide bonds. The van der Waals surface area contributed by atoms with Crippen LogP contribution in [0.1, 0.15) is 53.4 Å². The van der Waals surface area contributed by atoms with Gasteiger partial charge in [-0.1, -0.05) is 39.8 Å². The summed E-state index contributed by atoms with van der Waals surface area (Å²) < 4.78 is 0. The minimum absolute atomic E-state index is 0.0219. The first kappa shape index (κ1) is 15.8. The molecule has 0 saturated carbocycles. The van der Waals surface area contributed by atoms with Gasteiger partial charge in [-0.25, -0.2) is 0 Å². The number of nitrogens with one attached hydrogen (secondary N) is 1. The van der Waals surface area contributed by atoms with E-state index in [1.54, 1.807) is 11.3 Å². The topological polar surface area (TPSA) is 29.1 Å². The molecule has 0 aliphatic rings. The first-order valence-corrected chi connectivity index (χ1v) is 8.14. The van der Waals surface area contributed by atoms with Gasteiger partial charge in [0.2, 0.25) is 0 Å². The van der Waals surface area contributed by atoms with Crippen molar-refractivity contribution in [3.05, 3.63) is 51.2 Å². The molecule has 0 fully saturated rings. The summed E-state index contributed by atoms with van der Waals surface area (Å²) in [5, 5.41) is 2.97. The average molecular weight is 301 g/mol. The molecule has 2 nitrogen and oxygen atoms in total. The van der Waals surface area contributed by atoms with Gasteiger partial charge in [0.25, 0.3) is 5.91 Å². The van der Waals surface area contributed by atoms with Gasteiger partial charge < -0.3 is 5.32 Å². The lowest BCUT2D eigenvalue weighted by molar-refractivity contribution is 0.103. The molecule has 0 atom stereocenters. The SMILES string of the molecule is CCc1cc(C(=O)Nc2ccc(C(C)(C)C)cc2)sc1C. The van der Waals surface area contributed by atoms with E-state index < -0.39 is 0 Å². The number of thiophene rings is 1. The Morgan fingerprint density at radius 1 is 1.19 bits per heavy atom. The van der Waals surface area contributed by atoms with E-state index in [9.17, 15) is 4.79 Å². The second-order valence-electron chi connectivity index (χ2n) is 6.33. The van der Waals surface area contributed by atoms with Gasteiger partial charge in [0.15, 0.2) is 0 Å². The Balaban J connectivity index is 2.12. The highest BCUT2D eigenvalue weighted by Gasteiger charge is 2.14. The zero-order valence-corrected chi connectivity index (χ0v) is 14.2. The van der Waals surface area contributed by atoms with E-state index in [0.29, 0.717) is 0 Å². The first-order chi connectivity index (χ1) is 9.81. The molecule has 0 radical (unpaired) electrons. The first-order valence-electron chi connectivity index (χ1n) is 7.32. The Bertz CT molecular complexity index is 632. The molecule has 3 heteroatoms. The summed E-state index contributed by atoms with van der Waals surface area (Å²) in [5.41, 5.74) is 3.50. The highest BCUT2D eigenvalue weighted by molar-refractivity contribution is 7.14. The molecular formula is C18H23NOS. The van der Waals surface area contributed by atoms with Crippen LogP contribution in [0, 0.1) is 6.92 Å². The molecule has 112 valence electrons. The minimum Gasteiger partial charge on any atom is -0.321 e. The fraction of sp³-hybridized carbons (Fsp3) is 0.389.